The van der Waals surface area contributed by atoms with Gasteiger partial charge in [0.2, 0.25) is 0 Å². The van der Waals surface area contributed by atoms with E-state index in [2.05, 4.69) is 29.1 Å². The van der Waals surface area contributed by atoms with Gasteiger partial charge in [-0.15, -0.1) is 11.3 Å². The molecule has 5 nitrogen and oxygen atoms in total. The Morgan fingerprint density at radius 2 is 2.20 bits per heavy atom. The van der Waals surface area contributed by atoms with Gasteiger partial charge in [-0.2, -0.15) is 0 Å². The second-order valence-electron chi connectivity index (χ2n) is 5.23. The summed E-state index contributed by atoms with van der Waals surface area (Å²) in [6.45, 7) is 7.04. The first-order valence-electron chi connectivity index (χ1n) is 6.72. The quantitative estimate of drug-likeness (QED) is 0.797. The van der Waals surface area contributed by atoms with Crippen molar-refractivity contribution in [1.82, 2.24) is 9.97 Å². The summed E-state index contributed by atoms with van der Waals surface area (Å²) in [5.41, 5.74) is 0.740. The van der Waals surface area contributed by atoms with Gasteiger partial charge in [0.15, 0.2) is 0 Å². The summed E-state index contributed by atoms with van der Waals surface area (Å²) in [5, 5.41) is 13.3. The van der Waals surface area contributed by atoms with E-state index < -0.39 is 5.97 Å². The van der Waals surface area contributed by atoms with Crippen LogP contribution >= 0.6 is 11.3 Å². The molecule has 2 rings (SSSR count). The molecule has 6 heteroatoms. The molecule has 0 spiro atoms. The van der Waals surface area contributed by atoms with Crippen LogP contribution < -0.4 is 5.32 Å². The van der Waals surface area contributed by atoms with E-state index >= 15 is 0 Å². The van der Waals surface area contributed by atoms with Crippen molar-refractivity contribution in [3.05, 3.63) is 16.8 Å². The van der Waals surface area contributed by atoms with Crippen LogP contribution in [0.15, 0.2) is 6.33 Å². The summed E-state index contributed by atoms with van der Waals surface area (Å²) in [4.78, 5) is 20.7. The van der Waals surface area contributed by atoms with E-state index in [1.807, 2.05) is 6.92 Å². The van der Waals surface area contributed by atoms with Crippen molar-refractivity contribution in [1.29, 1.82) is 0 Å². The number of aryl methyl sites for hydroxylation is 1. The molecule has 2 aromatic heterocycles. The highest BCUT2D eigenvalue weighted by atomic mass is 32.1. The Morgan fingerprint density at radius 1 is 1.45 bits per heavy atom. The first-order valence-corrected chi connectivity index (χ1v) is 7.53. The van der Waals surface area contributed by atoms with Gasteiger partial charge < -0.3 is 10.4 Å². The van der Waals surface area contributed by atoms with E-state index in [1.165, 1.54) is 17.7 Å². The Morgan fingerprint density at radius 3 is 2.85 bits per heavy atom. The first-order chi connectivity index (χ1) is 9.50. The number of carboxylic acid groups (broad SMARTS) is 1. The average molecular weight is 293 g/mol. The summed E-state index contributed by atoms with van der Waals surface area (Å²) in [6.07, 6.45) is 3.71. The number of carboxylic acids is 1. The van der Waals surface area contributed by atoms with Crippen LogP contribution in [0, 0.1) is 12.8 Å². The zero-order valence-corrected chi connectivity index (χ0v) is 12.8. The highest BCUT2D eigenvalue weighted by molar-refractivity contribution is 7.20. The number of hydrogen-bond acceptors (Lipinski definition) is 5. The van der Waals surface area contributed by atoms with Crippen LogP contribution in [-0.2, 0) is 0 Å². The molecule has 0 aromatic carbocycles. The zero-order valence-electron chi connectivity index (χ0n) is 11.9. The van der Waals surface area contributed by atoms with E-state index in [9.17, 15) is 9.90 Å². The number of aromatic carboxylic acids is 1. The monoisotopic (exact) mass is 293 g/mol. The fourth-order valence-corrected chi connectivity index (χ4v) is 3.11. The number of carbonyl (C=O) groups is 1. The van der Waals surface area contributed by atoms with Crippen LogP contribution in [0.3, 0.4) is 0 Å². The summed E-state index contributed by atoms with van der Waals surface area (Å²) in [7, 11) is 0. The largest absolute Gasteiger partial charge is 0.477 e. The number of nitrogens with one attached hydrogen (secondary N) is 1. The Bertz CT molecular complexity index is 622. The lowest BCUT2D eigenvalue weighted by molar-refractivity contribution is 0.0701. The van der Waals surface area contributed by atoms with Crippen LogP contribution in [0.25, 0.3) is 10.2 Å². The van der Waals surface area contributed by atoms with Crippen molar-refractivity contribution < 1.29 is 9.90 Å². The van der Waals surface area contributed by atoms with E-state index in [-0.39, 0.29) is 0 Å². The molecule has 0 radical (unpaired) electrons. The number of aromatic nitrogens is 2. The van der Waals surface area contributed by atoms with Gasteiger partial charge in [0.1, 0.15) is 21.9 Å². The molecule has 0 aliphatic rings. The Kier molecular flexibility index (Phi) is 4.54. The Hall–Kier alpha value is -1.69. The van der Waals surface area contributed by atoms with Crippen LogP contribution in [-0.4, -0.2) is 27.6 Å². The van der Waals surface area contributed by atoms with Gasteiger partial charge in [-0.1, -0.05) is 13.8 Å². The molecule has 2 N–H and O–H groups in total. The second-order valence-corrected chi connectivity index (χ2v) is 6.23. The van der Waals surface area contributed by atoms with Crippen molar-refractivity contribution in [2.45, 2.75) is 33.6 Å². The molecule has 0 atom stereocenters. The molecule has 0 aliphatic heterocycles. The lowest BCUT2D eigenvalue weighted by Gasteiger charge is -2.08. The molecule has 0 bridgehead atoms. The van der Waals surface area contributed by atoms with E-state index in [1.54, 1.807) is 0 Å². The fourth-order valence-electron chi connectivity index (χ4n) is 2.13. The number of rotatable bonds is 6. The van der Waals surface area contributed by atoms with Crippen molar-refractivity contribution in [2.24, 2.45) is 5.92 Å². The third kappa shape index (κ3) is 3.07. The van der Waals surface area contributed by atoms with Gasteiger partial charge in [-0.05, 0) is 31.2 Å². The summed E-state index contributed by atoms with van der Waals surface area (Å²) in [5.74, 6) is 0.514. The average Bonchev–Trinajstić information content (AvgIpc) is 2.73. The van der Waals surface area contributed by atoms with Gasteiger partial charge in [-0.3, -0.25) is 0 Å². The molecular weight excluding hydrogens is 274 g/mol. The highest BCUT2D eigenvalue weighted by Gasteiger charge is 2.18. The number of nitrogens with zero attached hydrogens (tertiary/aromatic N) is 2. The van der Waals surface area contributed by atoms with Gasteiger partial charge in [0, 0.05) is 6.54 Å². The molecule has 2 heterocycles. The lowest BCUT2D eigenvalue weighted by Crippen LogP contribution is -2.05. The minimum atomic E-state index is -0.906. The minimum Gasteiger partial charge on any atom is -0.477 e. The fraction of sp³-hybridized carbons (Fsp3) is 0.500. The van der Waals surface area contributed by atoms with Crippen LogP contribution in [0.1, 0.15) is 41.9 Å². The van der Waals surface area contributed by atoms with Crippen molar-refractivity contribution >= 4 is 33.3 Å². The van der Waals surface area contributed by atoms with Crippen LogP contribution in [0.4, 0.5) is 5.82 Å². The number of fused-ring (bicyclic) bond motifs is 1. The number of thiophene rings is 1. The molecule has 20 heavy (non-hydrogen) atoms. The summed E-state index contributed by atoms with van der Waals surface area (Å²) < 4.78 is 0. The van der Waals surface area contributed by atoms with Crippen LogP contribution in [0.5, 0.6) is 0 Å². The van der Waals surface area contributed by atoms with Gasteiger partial charge >= 0.3 is 5.97 Å². The lowest BCUT2D eigenvalue weighted by atomic mass is 10.1. The summed E-state index contributed by atoms with van der Waals surface area (Å²) >= 11 is 1.20. The SMILES string of the molecule is Cc1c(C(=O)O)sc2ncnc(NCCCC(C)C)c12. The van der Waals surface area contributed by atoms with E-state index in [0.29, 0.717) is 10.8 Å². The van der Waals surface area contributed by atoms with Gasteiger partial charge in [-0.25, -0.2) is 14.8 Å². The molecule has 0 saturated heterocycles. The van der Waals surface area contributed by atoms with Crippen molar-refractivity contribution in [3.8, 4) is 0 Å². The zero-order chi connectivity index (χ0) is 14.7. The molecular formula is C14H19N3O2S. The van der Waals surface area contributed by atoms with E-state index in [4.69, 9.17) is 0 Å². The maximum atomic E-state index is 11.2. The predicted molar refractivity (Wildman–Crippen MR) is 81.7 cm³/mol. The molecule has 0 saturated carbocycles. The normalized spacial score (nSPS) is 11.2. The molecule has 0 amide bonds. The highest BCUT2D eigenvalue weighted by Crippen LogP contribution is 2.33. The minimum absolute atomic E-state index is 0.339. The number of anilines is 1. The van der Waals surface area contributed by atoms with Crippen LogP contribution in [0.2, 0.25) is 0 Å². The second kappa shape index (κ2) is 6.17. The first kappa shape index (κ1) is 14.7. The Labute approximate surface area is 122 Å². The maximum absolute atomic E-state index is 11.2. The van der Waals surface area contributed by atoms with Gasteiger partial charge in [0.05, 0.1) is 5.39 Å². The Balaban J connectivity index is 2.23. The third-order valence-electron chi connectivity index (χ3n) is 3.17. The summed E-state index contributed by atoms with van der Waals surface area (Å²) in [6, 6.07) is 0. The molecule has 108 valence electrons. The predicted octanol–water partition coefficient (Wildman–Crippen LogP) is 3.55. The maximum Gasteiger partial charge on any atom is 0.346 e. The van der Waals surface area contributed by atoms with Crippen molar-refractivity contribution in [3.63, 3.8) is 0 Å². The smallest absolute Gasteiger partial charge is 0.346 e. The van der Waals surface area contributed by atoms with Crippen molar-refractivity contribution in [2.75, 3.05) is 11.9 Å². The van der Waals surface area contributed by atoms with Gasteiger partial charge in [0.25, 0.3) is 0 Å². The third-order valence-corrected chi connectivity index (χ3v) is 4.36. The molecule has 0 fully saturated rings. The standard InChI is InChI=1S/C14H19N3O2S/c1-8(2)5-4-6-15-12-10-9(3)11(14(18)19)20-13(10)17-7-16-12/h7-8H,4-6H2,1-3H3,(H,18,19)(H,15,16,17). The number of hydrogen-bond donors (Lipinski definition) is 2. The molecule has 2 aromatic rings. The molecule has 0 aliphatic carbocycles. The van der Waals surface area contributed by atoms with E-state index in [0.717, 1.165) is 41.0 Å². The molecule has 0 unspecified atom stereocenters. The topological polar surface area (TPSA) is 75.1 Å².